The molecule has 3 aromatic heterocycles. The maximum atomic E-state index is 13.7. The molecule has 7 nitrogen and oxygen atoms in total. The highest BCUT2D eigenvalue weighted by molar-refractivity contribution is 6.12. The average molecular weight is 521 g/mol. The molecular formula is C31H25FN4O3. The Balaban J connectivity index is 1.44. The normalized spacial score (nSPS) is 12.9. The number of benzene rings is 2. The molecule has 0 spiro atoms. The summed E-state index contributed by atoms with van der Waals surface area (Å²) in [7, 11) is 1.55. The van der Waals surface area contributed by atoms with E-state index in [0.717, 1.165) is 24.0 Å². The summed E-state index contributed by atoms with van der Waals surface area (Å²) in [5.74, 6) is 0.134. The first-order chi connectivity index (χ1) is 18.9. The predicted octanol–water partition coefficient (Wildman–Crippen LogP) is 6.17. The summed E-state index contributed by atoms with van der Waals surface area (Å²) in [6.45, 7) is 1.95. The molecule has 194 valence electrons. The summed E-state index contributed by atoms with van der Waals surface area (Å²) in [5.41, 5.74) is 4.17. The lowest BCUT2D eigenvalue weighted by Gasteiger charge is -2.22. The lowest BCUT2D eigenvalue weighted by molar-refractivity contribution is 0.0962. The summed E-state index contributed by atoms with van der Waals surface area (Å²) in [6.07, 6.45) is 5.14. The third-order valence-electron chi connectivity index (χ3n) is 6.92. The highest BCUT2D eigenvalue weighted by Gasteiger charge is 2.35. The Morgan fingerprint density at radius 1 is 1.03 bits per heavy atom. The molecule has 2 aromatic carbocycles. The van der Waals surface area contributed by atoms with Crippen LogP contribution in [0, 0.1) is 12.7 Å². The van der Waals surface area contributed by atoms with Crippen LogP contribution in [0.1, 0.15) is 39.1 Å². The van der Waals surface area contributed by atoms with E-state index in [1.807, 2.05) is 43.3 Å². The van der Waals surface area contributed by atoms with Crippen molar-refractivity contribution in [3.05, 3.63) is 102 Å². The van der Waals surface area contributed by atoms with E-state index in [9.17, 15) is 14.0 Å². The number of nitrogens with one attached hydrogen (secondary N) is 1. The Bertz CT molecular complexity index is 1710. The van der Waals surface area contributed by atoms with Crippen LogP contribution < -0.4 is 10.2 Å². The molecule has 1 N–H and O–H groups in total. The van der Waals surface area contributed by atoms with Gasteiger partial charge in [0.2, 0.25) is 0 Å². The van der Waals surface area contributed by atoms with E-state index in [1.165, 1.54) is 12.1 Å². The molecule has 3 heterocycles. The molecule has 6 rings (SSSR count). The molecular weight excluding hydrogens is 495 g/mol. The number of fused-ring (bicyclic) bond motifs is 1. The highest BCUT2D eigenvalue weighted by Crippen LogP contribution is 2.37. The number of anilines is 1. The Morgan fingerprint density at radius 3 is 2.51 bits per heavy atom. The van der Waals surface area contributed by atoms with Gasteiger partial charge in [0.05, 0.1) is 17.5 Å². The number of halogens is 1. The van der Waals surface area contributed by atoms with Gasteiger partial charge in [0.15, 0.2) is 5.58 Å². The van der Waals surface area contributed by atoms with Crippen molar-refractivity contribution in [3.63, 3.8) is 0 Å². The number of furan rings is 1. The van der Waals surface area contributed by atoms with Crippen LogP contribution in [-0.2, 0) is 0 Å². The zero-order valence-electron chi connectivity index (χ0n) is 21.4. The number of aryl methyl sites for hydroxylation is 1. The van der Waals surface area contributed by atoms with Gasteiger partial charge in [-0.2, -0.15) is 0 Å². The maximum Gasteiger partial charge on any atom is 0.259 e. The van der Waals surface area contributed by atoms with E-state index in [4.69, 9.17) is 4.42 Å². The van der Waals surface area contributed by atoms with Gasteiger partial charge in [-0.25, -0.2) is 9.37 Å². The number of carbonyl (C=O) groups excluding carboxylic acids is 2. The molecule has 1 fully saturated rings. The van der Waals surface area contributed by atoms with Gasteiger partial charge in [0.25, 0.3) is 11.8 Å². The average Bonchev–Trinajstić information content (AvgIpc) is 3.72. The topological polar surface area (TPSA) is 88.3 Å². The van der Waals surface area contributed by atoms with Crippen LogP contribution in [0.4, 0.5) is 10.2 Å². The molecule has 0 bridgehead atoms. The number of pyridine rings is 2. The zero-order chi connectivity index (χ0) is 27.1. The van der Waals surface area contributed by atoms with Gasteiger partial charge in [0, 0.05) is 41.4 Å². The Hall–Kier alpha value is -4.85. The van der Waals surface area contributed by atoms with Gasteiger partial charge >= 0.3 is 0 Å². The minimum Gasteiger partial charge on any atom is -0.454 e. The molecule has 2 amide bonds. The Morgan fingerprint density at radius 2 is 1.82 bits per heavy atom. The van der Waals surface area contributed by atoms with E-state index in [-0.39, 0.29) is 23.7 Å². The molecule has 0 atom stereocenters. The van der Waals surface area contributed by atoms with Crippen molar-refractivity contribution in [2.24, 2.45) is 0 Å². The van der Waals surface area contributed by atoms with Crippen molar-refractivity contribution >= 4 is 28.6 Å². The maximum absolute atomic E-state index is 13.7. The van der Waals surface area contributed by atoms with Crippen molar-refractivity contribution in [1.82, 2.24) is 15.3 Å². The smallest absolute Gasteiger partial charge is 0.259 e. The van der Waals surface area contributed by atoms with E-state index in [0.29, 0.717) is 44.9 Å². The van der Waals surface area contributed by atoms with Gasteiger partial charge in [-0.15, -0.1) is 0 Å². The van der Waals surface area contributed by atoms with Crippen LogP contribution in [0.15, 0.2) is 83.5 Å². The zero-order valence-corrected chi connectivity index (χ0v) is 21.4. The fourth-order valence-electron chi connectivity index (χ4n) is 4.76. The summed E-state index contributed by atoms with van der Waals surface area (Å²) < 4.78 is 19.6. The minimum atomic E-state index is -0.381. The van der Waals surface area contributed by atoms with Crippen LogP contribution in [0.25, 0.3) is 33.6 Å². The predicted molar refractivity (Wildman–Crippen MR) is 147 cm³/mol. The molecule has 0 unspecified atom stereocenters. The number of hydrogen-bond donors (Lipinski definition) is 1. The lowest BCUT2D eigenvalue weighted by Crippen LogP contribution is -2.33. The first-order valence-electron chi connectivity index (χ1n) is 12.7. The van der Waals surface area contributed by atoms with Crippen LogP contribution in [0.3, 0.4) is 0 Å². The van der Waals surface area contributed by atoms with Gasteiger partial charge < -0.3 is 9.73 Å². The summed E-state index contributed by atoms with van der Waals surface area (Å²) >= 11 is 0. The molecule has 0 aliphatic heterocycles. The van der Waals surface area contributed by atoms with Gasteiger partial charge in [-0.05, 0) is 79.9 Å². The third-order valence-corrected chi connectivity index (χ3v) is 6.92. The number of amides is 2. The molecule has 1 aliphatic rings. The molecule has 5 aromatic rings. The molecule has 0 radical (unpaired) electrons. The van der Waals surface area contributed by atoms with Gasteiger partial charge in [-0.3, -0.25) is 19.5 Å². The van der Waals surface area contributed by atoms with E-state index >= 15 is 0 Å². The van der Waals surface area contributed by atoms with Crippen LogP contribution in [0.2, 0.25) is 0 Å². The summed E-state index contributed by atoms with van der Waals surface area (Å²) in [6, 6.07) is 18.8. The fraction of sp³-hybridized carbons (Fsp3) is 0.161. The third kappa shape index (κ3) is 4.54. The fourth-order valence-corrected chi connectivity index (χ4v) is 4.76. The largest absolute Gasteiger partial charge is 0.454 e. The number of hydrogen-bond acceptors (Lipinski definition) is 5. The van der Waals surface area contributed by atoms with Crippen molar-refractivity contribution < 1.29 is 18.4 Å². The van der Waals surface area contributed by atoms with E-state index in [1.54, 1.807) is 42.5 Å². The summed E-state index contributed by atoms with van der Waals surface area (Å²) in [5, 5.41) is 3.24. The monoisotopic (exact) mass is 520 g/mol. The second-order valence-electron chi connectivity index (χ2n) is 9.58. The van der Waals surface area contributed by atoms with Crippen LogP contribution in [0.5, 0.6) is 0 Å². The van der Waals surface area contributed by atoms with Crippen molar-refractivity contribution in [3.8, 4) is 22.6 Å². The van der Waals surface area contributed by atoms with Gasteiger partial charge in [-0.1, -0.05) is 12.1 Å². The highest BCUT2D eigenvalue weighted by atomic mass is 19.1. The Labute approximate surface area is 224 Å². The first kappa shape index (κ1) is 24.5. The number of aromatic nitrogens is 2. The standard InChI is InChI=1S/C31H25FN4O3/c1-18-6-7-20(31(38)36(22-12-13-22)27-5-3-4-14-34-27)15-23(18)25-16-24-26(17-35-25)39-29(28(24)30(37)33-2)19-8-10-21(32)11-9-19/h3-11,14-17,22H,12-13H2,1-2H3,(H,33,37). The quantitative estimate of drug-likeness (QED) is 0.289. The lowest BCUT2D eigenvalue weighted by atomic mass is 9.99. The van der Waals surface area contributed by atoms with Gasteiger partial charge in [0.1, 0.15) is 17.4 Å². The number of carbonyl (C=O) groups is 2. The minimum absolute atomic E-state index is 0.119. The molecule has 0 saturated heterocycles. The second kappa shape index (κ2) is 9.79. The van der Waals surface area contributed by atoms with Crippen molar-refractivity contribution in [2.45, 2.75) is 25.8 Å². The Kier molecular flexibility index (Phi) is 6.15. The molecule has 39 heavy (non-hydrogen) atoms. The first-order valence-corrected chi connectivity index (χ1v) is 12.7. The van der Waals surface area contributed by atoms with E-state index < -0.39 is 0 Å². The van der Waals surface area contributed by atoms with Crippen LogP contribution in [-0.4, -0.2) is 34.9 Å². The van der Waals surface area contributed by atoms with Crippen LogP contribution >= 0.6 is 0 Å². The van der Waals surface area contributed by atoms with E-state index in [2.05, 4.69) is 15.3 Å². The SMILES string of the molecule is CNC(=O)c1c(-c2ccc(F)cc2)oc2cnc(-c3cc(C(=O)N(c4ccccn4)C4CC4)ccc3C)cc12. The molecule has 1 saturated carbocycles. The van der Waals surface area contributed by atoms with Crippen molar-refractivity contribution in [2.75, 3.05) is 11.9 Å². The second-order valence-corrected chi connectivity index (χ2v) is 9.58. The molecule has 8 heteroatoms. The molecule has 1 aliphatic carbocycles. The number of rotatable bonds is 6. The number of nitrogens with zero attached hydrogens (tertiary/aromatic N) is 3. The van der Waals surface area contributed by atoms with Crippen molar-refractivity contribution in [1.29, 1.82) is 0 Å². The summed E-state index contributed by atoms with van der Waals surface area (Å²) in [4.78, 5) is 37.4.